The molecule has 0 radical (unpaired) electrons. The van der Waals surface area contributed by atoms with Gasteiger partial charge in [0.2, 0.25) is 0 Å². The molecule has 6 nitrogen and oxygen atoms in total. The lowest BCUT2D eigenvalue weighted by atomic mass is 9.84. The molecular weight excluding hydrogens is 402 g/mol. The van der Waals surface area contributed by atoms with Gasteiger partial charge in [0.05, 0.1) is 6.54 Å². The number of nitrogens with zero attached hydrogens (tertiary/aromatic N) is 1. The van der Waals surface area contributed by atoms with E-state index in [0.717, 1.165) is 21.4 Å². The van der Waals surface area contributed by atoms with Crippen LogP contribution >= 0.6 is 0 Å². The molecule has 0 spiro atoms. The number of carbonyl (C=O) groups is 3. The SMILES string of the molecule is O=C(CN1C(=O)N[C@@H](Cc2c[nH]c3ccccc23)C1=O)c1ccc(C2CCCCC2)cc1. The summed E-state index contributed by atoms with van der Waals surface area (Å²) in [6.07, 6.45) is 8.48. The van der Waals surface area contributed by atoms with Crippen LogP contribution < -0.4 is 5.32 Å². The molecule has 1 aliphatic carbocycles. The summed E-state index contributed by atoms with van der Waals surface area (Å²) in [5, 5.41) is 3.77. The van der Waals surface area contributed by atoms with Gasteiger partial charge in [-0.05, 0) is 36.0 Å². The van der Waals surface area contributed by atoms with Crippen LogP contribution in [0.25, 0.3) is 10.9 Å². The Morgan fingerprint density at radius 1 is 0.969 bits per heavy atom. The van der Waals surface area contributed by atoms with Crippen molar-refractivity contribution < 1.29 is 14.4 Å². The molecule has 0 bridgehead atoms. The van der Waals surface area contributed by atoms with Gasteiger partial charge >= 0.3 is 6.03 Å². The standard InChI is InChI=1S/C26H27N3O3/c30-24(19-12-10-18(11-13-19)17-6-2-1-3-7-17)16-29-25(31)23(28-26(29)32)14-20-15-27-22-9-5-4-8-21(20)22/h4-5,8-13,15,17,23,27H,1-3,6-7,14,16H2,(H,28,32)/t23-/m0/s1. The number of aromatic nitrogens is 1. The second kappa shape index (κ2) is 8.61. The molecule has 1 saturated heterocycles. The lowest BCUT2D eigenvalue weighted by Gasteiger charge is -2.22. The van der Waals surface area contributed by atoms with Gasteiger partial charge in [0.25, 0.3) is 5.91 Å². The molecule has 1 atom stereocenters. The van der Waals surface area contributed by atoms with E-state index in [0.29, 0.717) is 17.9 Å². The minimum atomic E-state index is -0.664. The molecule has 1 aromatic heterocycles. The Morgan fingerprint density at radius 2 is 1.72 bits per heavy atom. The summed E-state index contributed by atoms with van der Waals surface area (Å²) < 4.78 is 0. The number of aromatic amines is 1. The Labute approximate surface area is 187 Å². The van der Waals surface area contributed by atoms with E-state index in [1.54, 1.807) is 0 Å². The fraction of sp³-hybridized carbons (Fsp3) is 0.346. The van der Waals surface area contributed by atoms with Crippen molar-refractivity contribution in [2.45, 2.75) is 50.5 Å². The zero-order chi connectivity index (χ0) is 22.1. The highest BCUT2D eigenvalue weighted by Gasteiger charge is 2.39. The fourth-order valence-corrected chi connectivity index (χ4v) is 5.00. The van der Waals surface area contributed by atoms with Crippen molar-refractivity contribution in [3.8, 4) is 0 Å². The van der Waals surface area contributed by atoms with E-state index in [1.165, 1.54) is 37.7 Å². The third-order valence-corrected chi connectivity index (χ3v) is 6.82. The average Bonchev–Trinajstić information content (AvgIpc) is 3.36. The van der Waals surface area contributed by atoms with Crippen molar-refractivity contribution in [3.05, 3.63) is 71.4 Å². The smallest absolute Gasteiger partial charge is 0.325 e. The molecule has 5 rings (SSSR count). The molecule has 2 aliphatic rings. The van der Waals surface area contributed by atoms with Gasteiger partial charge in [-0.25, -0.2) is 4.79 Å². The van der Waals surface area contributed by atoms with Crippen molar-refractivity contribution in [1.82, 2.24) is 15.2 Å². The van der Waals surface area contributed by atoms with Crippen LogP contribution in [0.3, 0.4) is 0 Å². The summed E-state index contributed by atoms with van der Waals surface area (Å²) in [4.78, 5) is 42.4. The number of H-pyrrole nitrogens is 1. The minimum Gasteiger partial charge on any atom is -0.361 e. The van der Waals surface area contributed by atoms with E-state index in [1.807, 2.05) is 54.7 Å². The molecule has 2 aromatic carbocycles. The molecule has 3 aromatic rings. The predicted molar refractivity (Wildman–Crippen MR) is 123 cm³/mol. The van der Waals surface area contributed by atoms with E-state index in [4.69, 9.17) is 0 Å². The predicted octanol–water partition coefficient (Wildman–Crippen LogP) is 4.56. The van der Waals surface area contributed by atoms with E-state index in [2.05, 4.69) is 10.3 Å². The molecule has 2 heterocycles. The first-order valence-corrected chi connectivity index (χ1v) is 11.4. The van der Waals surface area contributed by atoms with E-state index < -0.39 is 12.1 Å². The summed E-state index contributed by atoms with van der Waals surface area (Å²) >= 11 is 0. The molecule has 1 aliphatic heterocycles. The first kappa shape index (κ1) is 20.5. The average molecular weight is 430 g/mol. The van der Waals surface area contributed by atoms with Gasteiger partial charge in [-0.1, -0.05) is 61.7 Å². The Kier molecular flexibility index (Phi) is 5.52. The lowest BCUT2D eigenvalue weighted by molar-refractivity contribution is -0.127. The molecule has 3 amide bonds. The number of ketones is 1. The summed E-state index contributed by atoms with van der Waals surface area (Å²) in [7, 11) is 0. The van der Waals surface area contributed by atoms with Crippen LogP contribution in [0.15, 0.2) is 54.7 Å². The Hall–Kier alpha value is -3.41. The normalized spacial score (nSPS) is 19.5. The maximum Gasteiger partial charge on any atom is 0.325 e. The monoisotopic (exact) mass is 429 g/mol. The van der Waals surface area contributed by atoms with Crippen LogP contribution in [0.5, 0.6) is 0 Å². The summed E-state index contributed by atoms with van der Waals surface area (Å²) in [5.41, 5.74) is 3.76. The van der Waals surface area contributed by atoms with Crippen LogP contribution in [0, 0.1) is 0 Å². The first-order chi connectivity index (χ1) is 15.6. The molecule has 1 saturated carbocycles. The van der Waals surface area contributed by atoms with Crippen LogP contribution in [0.1, 0.15) is 59.5 Å². The van der Waals surface area contributed by atoms with Crippen molar-refractivity contribution in [2.24, 2.45) is 0 Å². The number of rotatable bonds is 6. The van der Waals surface area contributed by atoms with Crippen LogP contribution in [0.4, 0.5) is 4.79 Å². The third kappa shape index (κ3) is 3.93. The second-order valence-electron chi connectivity index (χ2n) is 8.87. The number of para-hydroxylation sites is 1. The zero-order valence-electron chi connectivity index (χ0n) is 18.0. The van der Waals surface area contributed by atoms with Crippen molar-refractivity contribution in [2.75, 3.05) is 6.54 Å². The molecule has 2 fully saturated rings. The Balaban J connectivity index is 1.24. The number of nitrogens with one attached hydrogen (secondary N) is 2. The Bertz CT molecular complexity index is 1160. The second-order valence-corrected chi connectivity index (χ2v) is 8.87. The number of fused-ring (bicyclic) bond motifs is 1. The van der Waals surface area contributed by atoms with Gasteiger partial charge in [0.15, 0.2) is 5.78 Å². The molecule has 0 unspecified atom stereocenters. The highest BCUT2D eigenvalue weighted by atomic mass is 16.2. The van der Waals surface area contributed by atoms with E-state index in [-0.39, 0.29) is 18.2 Å². The number of imide groups is 1. The number of hydrogen-bond acceptors (Lipinski definition) is 3. The number of urea groups is 1. The lowest BCUT2D eigenvalue weighted by Crippen LogP contribution is -2.36. The highest BCUT2D eigenvalue weighted by molar-refractivity contribution is 6.09. The summed E-state index contributed by atoms with van der Waals surface area (Å²) in [6, 6.07) is 14.4. The maximum absolute atomic E-state index is 12.9. The third-order valence-electron chi connectivity index (χ3n) is 6.82. The number of carbonyl (C=O) groups excluding carboxylic acids is 3. The Morgan fingerprint density at radius 3 is 2.50 bits per heavy atom. The quantitative estimate of drug-likeness (QED) is 0.445. The van der Waals surface area contributed by atoms with Gasteiger partial charge in [0.1, 0.15) is 6.04 Å². The van der Waals surface area contributed by atoms with Crippen LogP contribution in [0.2, 0.25) is 0 Å². The number of amides is 3. The van der Waals surface area contributed by atoms with Crippen molar-refractivity contribution in [1.29, 1.82) is 0 Å². The largest absolute Gasteiger partial charge is 0.361 e. The minimum absolute atomic E-state index is 0.226. The maximum atomic E-state index is 12.9. The van der Waals surface area contributed by atoms with Crippen LogP contribution in [-0.2, 0) is 11.2 Å². The van der Waals surface area contributed by atoms with Gasteiger partial charge < -0.3 is 10.3 Å². The van der Waals surface area contributed by atoms with Gasteiger partial charge in [-0.3, -0.25) is 14.5 Å². The molecule has 32 heavy (non-hydrogen) atoms. The van der Waals surface area contributed by atoms with E-state index >= 15 is 0 Å². The zero-order valence-corrected chi connectivity index (χ0v) is 18.0. The summed E-state index contributed by atoms with van der Waals surface area (Å²) in [5.74, 6) is -0.00648. The number of Topliss-reactive ketones (excluding diaryl/α,β-unsaturated/α-hetero) is 1. The van der Waals surface area contributed by atoms with Gasteiger partial charge in [-0.15, -0.1) is 0 Å². The number of hydrogen-bond donors (Lipinski definition) is 2. The molecule has 2 N–H and O–H groups in total. The van der Waals surface area contributed by atoms with Crippen LogP contribution in [-0.4, -0.2) is 40.2 Å². The molecule has 6 heteroatoms. The van der Waals surface area contributed by atoms with Gasteiger partial charge in [0, 0.05) is 29.1 Å². The van der Waals surface area contributed by atoms with Gasteiger partial charge in [-0.2, -0.15) is 0 Å². The van der Waals surface area contributed by atoms with Crippen molar-refractivity contribution >= 4 is 28.6 Å². The highest BCUT2D eigenvalue weighted by Crippen LogP contribution is 2.32. The molecular formula is C26H27N3O3. The number of benzene rings is 2. The topological polar surface area (TPSA) is 82.3 Å². The first-order valence-electron chi connectivity index (χ1n) is 11.4. The summed E-state index contributed by atoms with van der Waals surface area (Å²) in [6.45, 7) is -0.238. The molecule has 164 valence electrons. The fourth-order valence-electron chi connectivity index (χ4n) is 5.00. The van der Waals surface area contributed by atoms with Crippen molar-refractivity contribution in [3.63, 3.8) is 0 Å². The van der Waals surface area contributed by atoms with E-state index in [9.17, 15) is 14.4 Å².